The molecule has 3 aromatic rings. The van der Waals surface area contributed by atoms with E-state index in [0.29, 0.717) is 11.9 Å². The van der Waals surface area contributed by atoms with Crippen molar-refractivity contribution in [2.24, 2.45) is 0 Å². The number of nitrogens with zero attached hydrogens (tertiary/aromatic N) is 4. The van der Waals surface area contributed by atoms with E-state index < -0.39 is 5.82 Å². The molecule has 0 radical (unpaired) electrons. The second-order valence-electron chi connectivity index (χ2n) is 7.12. The number of benzene rings is 1. The number of anilines is 2. The Bertz CT molecular complexity index is 1030. The first kappa shape index (κ1) is 19.4. The van der Waals surface area contributed by atoms with E-state index in [9.17, 15) is 4.39 Å². The van der Waals surface area contributed by atoms with E-state index in [0.717, 1.165) is 54.3 Å². The number of methoxy groups -OCH3 is 1. The van der Waals surface area contributed by atoms with Gasteiger partial charge in [-0.3, -0.25) is 0 Å². The van der Waals surface area contributed by atoms with Crippen LogP contribution in [-0.2, 0) is 0 Å². The summed E-state index contributed by atoms with van der Waals surface area (Å²) in [5, 5.41) is 0.0644. The van der Waals surface area contributed by atoms with Crippen molar-refractivity contribution in [2.45, 2.75) is 25.7 Å². The Morgan fingerprint density at radius 2 is 2.03 bits per heavy atom. The summed E-state index contributed by atoms with van der Waals surface area (Å²) in [6, 6.07) is 4.91. The van der Waals surface area contributed by atoms with Gasteiger partial charge in [-0.1, -0.05) is 17.7 Å². The van der Waals surface area contributed by atoms with Crippen LogP contribution in [0.4, 0.5) is 16.2 Å². The number of halogens is 2. The van der Waals surface area contributed by atoms with Crippen molar-refractivity contribution in [2.75, 3.05) is 30.8 Å². The fourth-order valence-electron chi connectivity index (χ4n) is 3.82. The molecule has 1 fully saturated rings. The SMILES string of the molecule is COc1ncc(-c2ccc(F)c(Cl)c2)c(N2CCC(c3nc(N)[nH]c3C)CC2)n1. The average molecular weight is 417 g/mol. The molecule has 3 N–H and O–H groups in total. The van der Waals surface area contributed by atoms with E-state index in [2.05, 4.69) is 24.8 Å². The molecule has 9 heteroatoms. The van der Waals surface area contributed by atoms with Crippen LogP contribution >= 0.6 is 11.6 Å². The number of hydrogen-bond acceptors (Lipinski definition) is 6. The van der Waals surface area contributed by atoms with Crippen molar-refractivity contribution < 1.29 is 9.13 Å². The molecule has 0 saturated carbocycles. The van der Waals surface area contributed by atoms with Gasteiger partial charge < -0.3 is 20.4 Å². The highest BCUT2D eigenvalue weighted by Gasteiger charge is 2.27. The Labute approximate surface area is 173 Å². The minimum absolute atomic E-state index is 0.0644. The molecule has 0 amide bonds. The molecule has 152 valence electrons. The summed E-state index contributed by atoms with van der Waals surface area (Å²) in [5.74, 6) is 1.08. The van der Waals surface area contributed by atoms with Crippen molar-refractivity contribution >= 4 is 23.4 Å². The number of H-pyrrole nitrogens is 1. The van der Waals surface area contributed by atoms with E-state index in [4.69, 9.17) is 22.1 Å². The third kappa shape index (κ3) is 3.85. The Morgan fingerprint density at radius 1 is 1.28 bits per heavy atom. The summed E-state index contributed by atoms with van der Waals surface area (Å²) in [5.41, 5.74) is 9.39. The summed E-state index contributed by atoms with van der Waals surface area (Å²) in [4.78, 5) is 18.5. The number of nitrogens with two attached hydrogens (primary N) is 1. The number of aromatic amines is 1. The molecule has 1 saturated heterocycles. The van der Waals surface area contributed by atoms with Gasteiger partial charge in [0.15, 0.2) is 5.95 Å². The predicted molar refractivity (Wildman–Crippen MR) is 111 cm³/mol. The third-order valence-corrected chi connectivity index (χ3v) is 5.57. The molecule has 29 heavy (non-hydrogen) atoms. The number of aryl methyl sites for hydroxylation is 1. The van der Waals surface area contributed by atoms with Gasteiger partial charge in [-0.15, -0.1) is 0 Å². The summed E-state index contributed by atoms with van der Waals surface area (Å²) < 4.78 is 18.8. The molecule has 3 heterocycles. The Balaban J connectivity index is 1.62. The van der Waals surface area contributed by atoms with Crippen molar-refractivity contribution in [3.05, 3.63) is 46.6 Å². The van der Waals surface area contributed by atoms with Crippen molar-refractivity contribution in [1.82, 2.24) is 19.9 Å². The molecule has 1 aliphatic rings. The number of hydrogen-bond donors (Lipinski definition) is 2. The second kappa shape index (κ2) is 7.87. The van der Waals surface area contributed by atoms with Gasteiger partial charge in [-0.2, -0.15) is 4.98 Å². The highest BCUT2D eigenvalue weighted by molar-refractivity contribution is 6.31. The van der Waals surface area contributed by atoms with Crippen LogP contribution in [0, 0.1) is 12.7 Å². The fraction of sp³-hybridized carbons (Fsp3) is 0.350. The van der Waals surface area contributed by atoms with Crippen molar-refractivity contribution in [1.29, 1.82) is 0 Å². The van der Waals surface area contributed by atoms with E-state index in [1.807, 2.05) is 6.92 Å². The van der Waals surface area contributed by atoms with Crippen LogP contribution in [0.2, 0.25) is 5.02 Å². The van der Waals surface area contributed by atoms with Crippen LogP contribution in [0.15, 0.2) is 24.4 Å². The zero-order chi connectivity index (χ0) is 20.5. The summed E-state index contributed by atoms with van der Waals surface area (Å²) in [7, 11) is 1.53. The molecule has 0 atom stereocenters. The zero-order valence-electron chi connectivity index (χ0n) is 16.2. The quantitative estimate of drug-likeness (QED) is 0.669. The molecule has 0 unspecified atom stereocenters. The summed E-state index contributed by atoms with van der Waals surface area (Å²) >= 11 is 5.99. The number of aromatic nitrogens is 4. The molecule has 4 rings (SSSR count). The van der Waals surface area contributed by atoms with Crippen LogP contribution in [0.5, 0.6) is 6.01 Å². The van der Waals surface area contributed by atoms with Gasteiger partial charge in [0, 0.05) is 36.5 Å². The highest BCUT2D eigenvalue weighted by Crippen LogP contribution is 2.36. The molecular formula is C20H22ClFN6O. The highest BCUT2D eigenvalue weighted by atomic mass is 35.5. The topological polar surface area (TPSA) is 93.0 Å². The summed E-state index contributed by atoms with van der Waals surface area (Å²) in [6.07, 6.45) is 3.53. The lowest BCUT2D eigenvalue weighted by molar-refractivity contribution is 0.379. The lowest BCUT2D eigenvalue weighted by atomic mass is 9.92. The molecule has 0 bridgehead atoms. The van der Waals surface area contributed by atoms with Crippen LogP contribution < -0.4 is 15.4 Å². The smallest absolute Gasteiger partial charge is 0.318 e. The van der Waals surface area contributed by atoms with Gasteiger partial charge >= 0.3 is 6.01 Å². The van der Waals surface area contributed by atoms with Crippen LogP contribution in [0.3, 0.4) is 0 Å². The maximum atomic E-state index is 13.6. The van der Waals surface area contributed by atoms with Gasteiger partial charge in [-0.05, 0) is 37.5 Å². The van der Waals surface area contributed by atoms with Gasteiger partial charge in [0.2, 0.25) is 0 Å². The number of ether oxygens (including phenoxy) is 1. The average Bonchev–Trinajstić information content (AvgIpc) is 3.07. The minimum atomic E-state index is -0.458. The van der Waals surface area contributed by atoms with Gasteiger partial charge in [0.05, 0.1) is 17.8 Å². The maximum absolute atomic E-state index is 13.6. The first-order valence-corrected chi connectivity index (χ1v) is 9.77. The van der Waals surface area contributed by atoms with E-state index in [1.54, 1.807) is 18.3 Å². The summed E-state index contributed by atoms with van der Waals surface area (Å²) in [6.45, 7) is 3.58. The molecule has 0 aliphatic carbocycles. The first-order chi connectivity index (χ1) is 14.0. The molecule has 1 aliphatic heterocycles. The Hall–Kier alpha value is -2.87. The number of piperidine rings is 1. The minimum Gasteiger partial charge on any atom is -0.467 e. The number of imidazole rings is 1. The van der Waals surface area contributed by atoms with Crippen LogP contribution in [0.25, 0.3) is 11.1 Å². The van der Waals surface area contributed by atoms with E-state index in [1.165, 1.54) is 13.2 Å². The largest absolute Gasteiger partial charge is 0.467 e. The van der Waals surface area contributed by atoms with E-state index in [-0.39, 0.29) is 11.0 Å². The normalized spacial score (nSPS) is 15.0. The molecule has 0 spiro atoms. The van der Waals surface area contributed by atoms with Crippen molar-refractivity contribution in [3.63, 3.8) is 0 Å². The molecular weight excluding hydrogens is 395 g/mol. The monoisotopic (exact) mass is 416 g/mol. The van der Waals surface area contributed by atoms with Gasteiger partial charge in [0.1, 0.15) is 11.6 Å². The third-order valence-electron chi connectivity index (χ3n) is 5.28. The molecule has 2 aromatic heterocycles. The van der Waals surface area contributed by atoms with Crippen LogP contribution in [-0.4, -0.2) is 40.1 Å². The molecule has 7 nitrogen and oxygen atoms in total. The van der Waals surface area contributed by atoms with Gasteiger partial charge in [0.25, 0.3) is 0 Å². The Kier molecular flexibility index (Phi) is 5.27. The predicted octanol–water partition coefficient (Wildman–Crippen LogP) is 3.94. The number of rotatable bonds is 4. The molecule has 1 aromatic carbocycles. The maximum Gasteiger partial charge on any atom is 0.318 e. The fourth-order valence-corrected chi connectivity index (χ4v) is 4.00. The lowest BCUT2D eigenvalue weighted by Gasteiger charge is -2.33. The number of nitrogens with one attached hydrogen (secondary N) is 1. The Morgan fingerprint density at radius 3 is 2.66 bits per heavy atom. The van der Waals surface area contributed by atoms with Crippen molar-refractivity contribution in [3.8, 4) is 17.1 Å². The first-order valence-electron chi connectivity index (χ1n) is 9.39. The van der Waals surface area contributed by atoms with E-state index >= 15 is 0 Å². The standard InChI is InChI=1S/C20H22ClFN6O/c1-11-17(26-19(23)25-11)12-5-7-28(8-6-12)18-14(10-24-20(27-18)29-2)13-3-4-16(22)15(21)9-13/h3-4,9-10,12H,5-8H2,1-2H3,(H3,23,25,26). The van der Waals surface area contributed by atoms with Gasteiger partial charge in [-0.25, -0.2) is 14.4 Å². The second-order valence-corrected chi connectivity index (χ2v) is 7.52. The lowest BCUT2D eigenvalue weighted by Crippen LogP contribution is -2.34. The number of nitrogen functional groups attached to an aromatic ring is 1. The van der Waals surface area contributed by atoms with Crippen LogP contribution in [0.1, 0.15) is 30.1 Å². The zero-order valence-corrected chi connectivity index (χ0v) is 17.0.